The Bertz CT molecular complexity index is 559. The molecule has 3 atom stereocenters. The molecule has 0 spiro atoms. The van der Waals surface area contributed by atoms with Crippen molar-refractivity contribution >= 4 is 11.6 Å². The van der Waals surface area contributed by atoms with Crippen LogP contribution in [0.15, 0.2) is 18.2 Å². The number of benzene rings is 1. The lowest BCUT2D eigenvalue weighted by atomic mass is 9.79. The molecule has 0 bridgehead atoms. The number of carbonyl (C=O) groups is 1. The number of nitro groups is 1. The summed E-state index contributed by atoms with van der Waals surface area (Å²) in [5.74, 6) is 0.497. The van der Waals surface area contributed by atoms with Crippen molar-refractivity contribution in [2.24, 2.45) is 11.8 Å². The average molecular weight is 292 g/mol. The Morgan fingerprint density at radius 2 is 2.05 bits per heavy atom. The zero-order chi connectivity index (χ0) is 15.6. The fourth-order valence-corrected chi connectivity index (χ4v) is 2.81. The highest BCUT2D eigenvalue weighted by molar-refractivity contribution is 5.98. The van der Waals surface area contributed by atoms with Gasteiger partial charge in [0.1, 0.15) is 11.3 Å². The highest BCUT2D eigenvalue weighted by Crippen LogP contribution is 2.30. The molecule has 0 saturated heterocycles. The Balaban J connectivity index is 2.13. The van der Waals surface area contributed by atoms with Gasteiger partial charge in [0.2, 0.25) is 0 Å². The highest BCUT2D eigenvalue weighted by Gasteiger charge is 2.28. The summed E-state index contributed by atoms with van der Waals surface area (Å²) in [6.07, 6.45) is 2.79. The van der Waals surface area contributed by atoms with E-state index in [1.807, 2.05) is 0 Å². The van der Waals surface area contributed by atoms with Crippen molar-refractivity contribution in [3.8, 4) is 5.75 Å². The lowest BCUT2D eigenvalue weighted by Gasteiger charge is -2.32. The van der Waals surface area contributed by atoms with Crippen LogP contribution in [0.3, 0.4) is 0 Å². The quantitative estimate of drug-likeness (QED) is 0.661. The summed E-state index contributed by atoms with van der Waals surface area (Å²) >= 11 is 0. The van der Waals surface area contributed by atoms with Crippen LogP contribution in [0.1, 0.15) is 43.5 Å². The number of carbonyl (C=O) groups excluding carboxylic acids is 1. The molecule has 0 aliphatic heterocycles. The van der Waals surface area contributed by atoms with E-state index in [2.05, 4.69) is 19.2 Å². The van der Waals surface area contributed by atoms with Crippen LogP contribution in [0.2, 0.25) is 0 Å². The molecule has 1 saturated carbocycles. The van der Waals surface area contributed by atoms with E-state index in [4.69, 9.17) is 0 Å². The maximum absolute atomic E-state index is 12.3. The van der Waals surface area contributed by atoms with Gasteiger partial charge >= 0.3 is 0 Å². The van der Waals surface area contributed by atoms with Crippen molar-refractivity contribution < 1.29 is 14.8 Å². The number of hydrogen-bond donors (Lipinski definition) is 2. The summed E-state index contributed by atoms with van der Waals surface area (Å²) in [4.78, 5) is 22.6. The van der Waals surface area contributed by atoms with E-state index in [9.17, 15) is 20.0 Å². The van der Waals surface area contributed by atoms with Gasteiger partial charge < -0.3 is 10.4 Å². The predicted octanol–water partition coefficient (Wildman–Crippen LogP) is 2.85. The van der Waals surface area contributed by atoms with Gasteiger partial charge in [-0.3, -0.25) is 14.9 Å². The molecule has 114 valence electrons. The topological polar surface area (TPSA) is 92.5 Å². The first kappa shape index (κ1) is 15.3. The van der Waals surface area contributed by atoms with Gasteiger partial charge in [0.15, 0.2) is 0 Å². The molecule has 0 aromatic heterocycles. The Hall–Kier alpha value is -2.11. The normalized spacial score (nSPS) is 25.3. The third kappa shape index (κ3) is 3.51. The zero-order valence-corrected chi connectivity index (χ0v) is 12.2. The third-order valence-corrected chi connectivity index (χ3v) is 4.35. The second-order valence-electron chi connectivity index (χ2n) is 5.90. The minimum atomic E-state index is -0.611. The molecule has 0 heterocycles. The van der Waals surface area contributed by atoms with E-state index in [1.54, 1.807) is 0 Å². The van der Waals surface area contributed by atoms with E-state index >= 15 is 0 Å². The van der Waals surface area contributed by atoms with Crippen LogP contribution in [-0.2, 0) is 0 Å². The third-order valence-electron chi connectivity index (χ3n) is 4.35. The lowest BCUT2D eigenvalue weighted by Crippen LogP contribution is -2.40. The minimum Gasteiger partial charge on any atom is -0.508 e. The molecule has 2 N–H and O–H groups in total. The van der Waals surface area contributed by atoms with Crippen LogP contribution in [-0.4, -0.2) is 22.0 Å². The lowest BCUT2D eigenvalue weighted by molar-refractivity contribution is -0.385. The van der Waals surface area contributed by atoms with Crippen molar-refractivity contribution in [1.82, 2.24) is 5.32 Å². The number of nitrogens with one attached hydrogen (secondary N) is 1. The fourth-order valence-electron chi connectivity index (χ4n) is 2.81. The van der Waals surface area contributed by atoms with Crippen molar-refractivity contribution in [3.63, 3.8) is 0 Å². The zero-order valence-electron chi connectivity index (χ0n) is 12.2. The molecule has 21 heavy (non-hydrogen) atoms. The van der Waals surface area contributed by atoms with Gasteiger partial charge in [-0.2, -0.15) is 0 Å². The molecule has 6 nitrogen and oxygen atoms in total. The molecule has 1 aliphatic rings. The van der Waals surface area contributed by atoms with Crippen LogP contribution < -0.4 is 5.32 Å². The van der Waals surface area contributed by atoms with Crippen LogP contribution in [0.4, 0.5) is 5.69 Å². The standard InChI is InChI=1S/C15H20N2O4/c1-9-3-4-11(7-10(9)2)16-15(19)13-8-12(18)5-6-14(13)17(20)21/h5-6,8-11,18H,3-4,7H2,1-2H3,(H,16,19). The first-order valence-corrected chi connectivity index (χ1v) is 7.16. The minimum absolute atomic E-state index is 0.0330. The van der Waals surface area contributed by atoms with E-state index in [0.29, 0.717) is 11.8 Å². The maximum atomic E-state index is 12.3. The number of amides is 1. The maximum Gasteiger partial charge on any atom is 0.282 e. The van der Waals surface area contributed by atoms with Gasteiger partial charge in [-0.05, 0) is 43.2 Å². The van der Waals surface area contributed by atoms with Crippen LogP contribution in [0.25, 0.3) is 0 Å². The van der Waals surface area contributed by atoms with Gasteiger partial charge in [0.05, 0.1) is 4.92 Å². The molecule has 1 aliphatic carbocycles. The van der Waals surface area contributed by atoms with Gasteiger partial charge in [-0.25, -0.2) is 0 Å². The van der Waals surface area contributed by atoms with E-state index in [-0.39, 0.29) is 23.0 Å². The number of phenols is 1. The van der Waals surface area contributed by atoms with Gasteiger partial charge in [0.25, 0.3) is 11.6 Å². The molecule has 1 aromatic carbocycles. The smallest absolute Gasteiger partial charge is 0.282 e. The summed E-state index contributed by atoms with van der Waals surface area (Å²) in [6.45, 7) is 4.35. The molecule has 1 aromatic rings. The van der Waals surface area contributed by atoms with Gasteiger partial charge in [-0.1, -0.05) is 13.8 Å². The SMILES string of the molecule is CC1CCC(NC(=O)c2cc(O)ccc2[N+](=O)[O-])CC1C. The summed E-state index contributed by atoms with van der Waals surface area (Å²) in [7, 11) is 0. The van der Waals surface area contributed by atoms with E-state index in [0.717, 1.165) is 31.4 Å². The average Bonchev–Trinajstić information content (AvgIpc) is 2.42. The largest absolute Gasteiger partial charge is 0.508 e. The predicted molar refractivity (Wildman–Crippen MR) is 78.2 cm³/mol. The second kappa shape index (κ2) is 6.11. The number of nitro benzene ring substituents is 1. The summed E-state index contributed by atoms with van der Waals surface area (Å²) in [6, 6.07) is 3.53. The van der Waals surface area contributed by atoms with Crippen LogP contribution in [0.5, 0.6) is 5.75 Å². The highest BCUT2D eigenvalue weighted by atomic mass is 16.6. The Morgan fingerprint density at radius 3 is 2.67 bits per heavy atom. The summed E-state index contributed by atoms with van der Waals surface area (Å²) < 4.78 is 0. The molecule has 1 fully saturated rings. The number of phenolic OH excluding ortho intramolecular Hbond substituents is 1. The Kier molecular flexibility index (Phi) is 4.45. The van der Waals surface area contributed by atoms with Gasteiger partial charge in [0, 0.05) is 12.1 Å². The Labute approximate surface area is 123 Å². The van der Waals surface area contributed by atoms with Crippen molar-refractivity contribution in [2.75, 3.05) is 0 Å². The molecular formula is C15H20N2O4. The number of nitrogens with zero attached hydrogens (tertiary/aromatic N) is 1. The van der Waals surface area contributed by atoms with Crippen LogP contribution >= 0.6 is 0 Å². The van der Waals surface area contributed by atoms with Crippen molar-refractivity contribution in [1.29, 1.82) is 0 Å². The molecular weight excluding hydrogens is 272 g/mol. The van der Waals surface area contributed by atoms with E-state index in [1.165, 1.54) is 6.07 Å². The van der Waals surface area contributed by atoms with Gasteiger partial charge in [-0.15, -0.1) is 0 Å². The number of hydrogen-bond acceptors (Lipinski definition) is 4. The van der Waals surface area contributed by atoms with Crippen molar-refractivity contribution in [2.45, 2.75) is 39.2 Å². The first-order valence-electron chi connectivity index (χ1n) is 7.16. The van der Waals surface area contributed by atoms with E-state index < -0.39 is 10.8 Å². The first-order chi connectivity index (χ1) is 9.88. The Morgan fingerprint density at radius 1 is 1.33 bits per heavy atom. The number of rotatable bonds is 3. The summed E-state index contributed by atoms with van der Waals surface area (Å²) in [5, 5.41) is 23.3. The summed E-state index contributed by atoms with van der Waals surface area (Å²) in [5.41, 5.74) is -0.381. The fraction of sp³-hybridized carbons (Fsp3) is 0.533. The molecule has 0 radical (unpaired) electrons. The second-order valence-corrected chi connectivity index (χ2v) is 5.90. The van der Waals surface area contributed by atoms with Crippen molar-refractivity contribution in [3.05, 3.63) is 33.9 Å². The molecule has 6 heteroatoms. The molecule has 2 rings (SSSR count). The molecule has 1 amide bonds. The molecule has 3 unspecified atom stereocenters. The number of aromatic hydroxyl groups is 1. The monoisotopic (exact) mass is 292 g/mol. The van der Waals surface area contributed by atoms with Crippen LogP contribution in [0, 0.1) is 22.0 Å².